The Morgan fingerprint density at radius 2 is 2.21 bits per heavy atom. The summed E-state index contributed by atoms with van der Waals surface area (Å²) in [6, 6.07) is 6.23. The summed E-state index contributed by atoms with van der Waals surface area (Å²) in [5.41, 5.74) is 0.493. The van der Waals surface area contributed by atoms with E-state index >= 15 is 0 Å². The molecule has 96 valence electrons. The lowest BCUT2D eigenvalue weighted by molar-refractivity contribution is 0.103. The first-order chi connectivity index (χ1) is 9.06. The van der Waals surface area contributed by atoms with Crippen LogP contribution in [0.15, 0.2) is 34.9 Å². The van der Waals surface area contributed by atoms with E-state index in [-0.39, 0.29) is 11.6 Å². The Morgan fingerprint density at radius 1 is 1.42 bits per heavy atom. The molecule has 0 saturated carbocycles. The molecule has 0 spiro atoms. The van der Waals surface area contributed by atoms with Crippen molar-refractivity contribution in [3.05, 3.63) is 51.3 Å². The van der Waals surface area contributed by atoms with Crippen molar-refractivity contribution in [3.63, 3.8) is 0 Å². The maximum Gasteiger partial charge on any atom is 0.222 e. The van der Waals surface area contributed by atoms with Gasteiger partial charge in [0.2, 0.25) is 5.78 Å². The van der Waals surface area contributed by atoms with Gasteiger partial charge in [-0.3, -0.25) is 9.48 Å². The zero-order chi connectivity index (χ0) is 13.6. The van der Waals surface area contributed by atoms with Gasteiger partial charge in [0.1, 0.15) is 11.5 Å². The van der Waals surface area contributed by atoms with E-state index in [1.807, 2.05) is 0 Å². The van der Waals surface area contributed by atoms with Crippen molar-refractivity contribution in [3.8, 4) is 0 Å². The minimum atomic E-state index is -0.300. The predicted molar refractivity (Wildman–Crippen MR) is 76.1 cm³/mol. The van der Waals surface area contributed by atoms with Gasteiger partial charge in [0.25, 0.3) is 0 Å². The van der Waals surface area contributed by atoms with Gasteiger partial charge in [0.15, 0.2) is 0 Å². The minimum Gasteiger partial charge on any atom is -0.286 e. The average molecular weight is 339 g/mol. The maximum atomic E-state index is 13.1. The Balaban J connectivity index is 2.12. The van der Waals surface area contributed by atoms with Crippen LogP contribution in [0.5, 0.6) is 0 Å². The molecule has 0 bridgehead atoms. The van der Waals surface area contributed by atoms with Crippen molar-refractivity contribution in [2.75, 3.05) is 0 Å². The second kappa shape index (κ2) is 4.54. The molecule has 3 nitrogen and oxygen atoms in total. The molecular weight excluding hydrogens is 331 g/mol. The van der Waals surface area contributed by atoms with E-state index in [1.165, 1.54) is 28.2 Å². The van der Waals surface area contributed by atoms with E-state index in [9.17, 15) is 9.18 Å². The molecule has 0 unspecified atom stereocenters. The molecule has 0 fully saturated rings. The summed E-state index contributed by atoms with van der Waals surface area (Å²) in [4.78, 5) is 13.0. The summed E-state index contributed by atoms with van der Waals surface area (Å²) in [5, 5.41) is 4.77. The molecule has 6 heteroatoms. The smallest absolute Gasteiger partial charge is 0.222 e. The molecule has 0 N–H and O–H groups in total. The second-order valence-corrected chi connectivity index (χ2v) is 6.02. The van der Waals surface area contributed by atoms with Crippen LogP contribution in [0.25, 0.3) is 10.1 Å². The molecule has 3 aromatic rings. The topological polar surface area (TPSA) is 34.9 Å². The number of thiophene rings is 1. The highest BCUT2D eigenvalue weighted by Gasteiger charge is 2.19. The Labute approximate surface area is 120 Å². The normalized spacial score (nSPS) is 11.1. The Kier molecular flexibility index (Phi) is 2.99. The van der Waals surface area contributed by atoms with Crippen LogP contribution in [0.3, 0.4) is 0 Å². The first-order valence-corrected chi connectivity index (χ1v) is 7.08. The van der Waals surface area contributed by atoms with Crippen LogP contribution in [0.1, 0.15) is 15.4 Å². The van der Waals surface area contributed by atoms with Crippen molar-refractivity contribution >= 4 is 43.1 Å². The lowest BCUT2D eigenvalue weighted by Crippen LogP contribution is -2.07. The van der Waals surface area contributed by atoms with E-state index in [4.69, 9.17) is 0 Å². The molecule has 0 aliphatic rings. The maximum absolute atomic E-state index is 13.1. The number of carbonyl (C=O) groups is 1. The number of rotatable bonds is 2. The van der Waals surface area contributed by atoms with Crippen LogP contribution >= 0.6 is 27.3 Å². The molecule has 1 aromatic carbocycles. The Hall–Kier alpha value is -1.53. The van der Waals surface area contributed by atoms with Crippen LogP contribution < -0.4 is 0 Å². The van der Waals surface area contributed by atoms with Gasteiger partial charge in [-0.15, -0.1) is 11.3 Å². The van der Waals surface area contributed by atoms with Gasteiger partial charge in [0.05, 0.1) is 15.5 Å². The molecular formula is C13H8BrFN2OS. The van der Waals surface area contributed by atoms with Crippen LogP contribution in [-0.2, 0) is 7.05 Å². The fourth-order valence-electron chi connectivity index (χ4n) is 1.91. The molecule has 0 saturated heterocycles. The van der Waals surface area contributed by atoms with Gasteiger partial charge in [0, 0.05) is 11.7 Å². The first-order valence-electron chi connectivity index (χ1n) is 5.47. The molecule has 0 aliphatic carbocycles. The first kappa shape index (κ1) is 12.5. The fraction of sp³-hybridized carbons (Fsp3) is 0.0769. The molecule has 0 aliphatic heterocycles. The van der Waals surface area contributed by atoms with Crippen molar-refractivity contribution in [1.29, 1.82) is 0 Å². The monoisotopic (exact) mass is 338 g/mol. The largest absolute Gasteiger partial charge is 0.286 e. The van der Waals surface area contributed by atoms with Crippen molar-refractivity contribution < 1.29 is 9.18 Å². The van der Waals surface area contributed by atoms with Gasteiger partial charge in [-0.2, -0.15) is 5.10 Å². The molecule has 0 radical (unpaired) electrons. The van der Waals surface area contributed by atoms with Crippen LogP contribution in [-0.4, -0.2) is 15.6 Å². The number of aromatic nitrogens is 2. The zero-order valence-corrected chi connectivity index (χ0v) is 12.3. The van der Waals surface area contributed by atoms with E-state index in [2.05, 4.69) is 21.0 Å². The summed E-state index contributed by atoms with van der Waals surface area (Å²) < 4.78 is 16.2. The number of ketones is 1. The van der Waals surface area contributed by atoms with Gasteiger partial charge in [-0.05, 0) is 45.6 Å². The number of hydrogen-bond acceptors (Lipinski definition) is 3. The molecule has 2 aromatic heterocycles. The van der Waals surface area contributed by atoms with Crippen molar-refractivity contribution in [2.45, 2.75) is 0 Å². The van der Waals surface area contributed by atoms with Gasteiger partial charge in [-0.25, -0.2) is 4.39 Å². The highest BCUT2D eigenvalue weighted by molar-refractivity contribution is 9.10. The molecule has 0 atom stereocenters. The number of nitrogens with zero attached hydrogens (tertiary/aromatic N) is 2. The third-order valence-corrected chi connectivity index (χ3v) is 4.51. The van der Waals surface area contributed by atoms with Gasteiger partial charge >= 0.3 is 0 Å². The number of benzene rings is 1. The summed E-state index contributed by atoms with van der Waals surface area (Å²) >= 11 is 4.66. The highest BCUT2D eigenvalue weighted by atomic mass is 79.9. The lowest BCUT2D eigenvalue weighted by Gasteiger charge is -1.99. The minimum absolute atomic E-state index is 0.117. The second-order valence-electron chi connectivity index (χ2n) is 4.09. The summed E-state index contributed by atoms with van der Waals surface area (Å²) in [5.74, 6) is -0.417. The van der Waals surface area contributed by atoms with Crippen LogP contribution in [0.2, 0.25) is 0 Å². The van der Waals surface area contributed by atoms with Crippen LogP contribution in [0.4, 0.5) is 4.39 Å². The zero-order valence-electron chi connectivity index (χ0n) is 9.85. The fourth-order valence-corrected chi connectivity index (χ4v) is 3.42. The van der Waals surface area contributed by atoms with Gasteiger partial charge < -0.3 is 0 Å². The quantitative estimate of drug-likeness (QED) is 0.666. The van der Waals surface area contributed by atoms with Gasteiger partial charge in [-0.1, -0.05) is 0 Å². The Morgan fingerprint density at radius 3 is 2.89 bits per heavy atom. The molecule has 2 heterocycles. The SMILES string of the molecule is Cn1ncc(Br)c1C(=O)c1cc2cc(F)ccc2s1. The highest BCUT2D eigenvalue weighted by Crippen LogP contribution is 2.29. The number of halogens is 2. The van der Waals surface area contributed by atoms with E-state index < -0.39 is 0 Å². The lowest BCUT2D eigenvalue weighted by atomic mass is 10.2. The number of aryl methyl sites for hydroxylation is 1. The number of carbonyl (C=O) groups excluding carboxylic acids is 1. The van der Waals surface area contributed by atoms with E-state index in [1.54, 1.807) is 25.4 Å². The predicted octanol–water partition coefficient (Wildman–Crippen LogP) is 3.77. The average Bonchev–Trinajstić information content (AvgIpc) is 2.92. The summed E-state index contributed by atoms with van der Waals surface area (Å²) in [6.07, 6.45) is 1.58. The van der Waals surface area contributed by atoms with E-state index in [0.717, 1.165) is 10.1 Å². The number of fused-ring (bicyclic) bond motifs is 1. The van der Waals surface area contributed by atoms with Crippen molar-refractivity contribution in [2.24, 2.45) is 7.05 Å². The molecule has 3 rings (SSSR count). The third-order valence-electron chi connectivity index (χ3n) is 2.81. The summed E-state index contributed by atoms with van der Waals surface area (Å²) in [7, 11) is 1.71. The molecule has 0 amide bonds. The summed E-state index contributed by atoms with van der Waals surface area (Å²) in [6.45, 7) is 0. The molecule has 19 heavy (non-hydrogen) atoms. The third kappa shape index (κ3) is 2.11. The van der Waals surface area contributed by atoms with Crippen LogP contribution in [0, 0.1) is 5.82 Å². The van der Waals surface area contributed by atoms with E-state index in [0.29, 0.717) is 15.0 Å². The Bertz CT molecular complexity index is 774. The standard InChI is InChI=1S/C13H8BrFN2OS/c1-17-12(9(14)6-16-17)13(18)11-5-7-4-8(15)2-3-10(7)19-11/h2-6H,1H3. The number of hydrogen-bond donors (Lipinski definition) is 0. The van der Waals surface area contributed by atoms with Crippen molar-refractivity contribution in [1.82, 2.24) is 9.78 Å².